The molecule has 0 saturated heterocycles. The van der Waals surface area contributed by atoms with Crippen LogP contribution < -0.4 is 0 Å². The van der Waals surface area contributed by atoms with E-state index < -0.39 is 0 Å². The van der Waals surface area contributed by atoms with E-state index in [9.17, 15) is 4.79 Å². The SMILES string of the molecule is O=C(CCl)c1c(Cl)cc(Br)cc1Br. The molecule has 0 fully saturated rings. The summed E-state index contributed by atoms with van der Waals surface area (Å²) in [6, 6.07) is 3.41. The van der Waals surface area contributed by atoms with Gasteiger partial charge in [0.2, 0.25) is 0 Å². The molecule has 1 rings (SSSR count). The molecule has 0 spiro atoms. The van der Waals surface area contributed by atoms with Crippen LogP contribution in [0.4, 0.5) is 0 Å². The number of hydrogen-bond acceptors (Lipinski definition) is 1. The highest BCUT2D eigenvalue weighted by molar-refractivity contribution is 9.11. The van der Waals surface area contributed by atoms with Crippen LogP contribution in [0.2, 0.25) is 5.02 Å². The molecule has 13 heavy (non-hydrogen) atoms. The van der Waals surface area contributed by atoms with Crippen LogP contribution in [0, 0.1) is 0 Å². The molecule has 0 radical (unpaired) electrons. The van der Waals surface area contributed by atoms with Crippen molar-refractivity contribution in [2.75, 3.05) is 5.88 Å². The van der Waals surface area contributed by atoms with E-state index >= 15 is 0 Å². The molecule has 0 aliphatic rings. The number of rotatable bonds is 2. The number of halogens is 4. The molecule has 0 N–H and O–H groups in total. The Balaban J connectivity index is 3.28. The first-order valence-electron chi connectivity index (χ1n) is 3.30. The molecular formula is C8H4Br2Cl2O. The summed E-state index contributed by atoms with van der Waals surface area (Å²) in [6.45, 7) is 0. The molecule has 1 aromatic carbocycles. The quantitative estimate of drug-likeness (QED) is 0.577. The molecular weight excluding hydrogens is 343 g/mol. The Morgan fingerprint density at radius 2 is 2.00 bits per heavy atom. The zero-order chi connectivity index (χ0) is 10.0. The van der Waals surface area contributed by atoms with Crippen LogP contribution in [-0.2, 0) is 0 Å². The van der Waals surface area contributed by atoms with Crippen molar-refractivity contribution in [3.63, 3.8) is 0 Å². The zero-order valence-corrected chi connectivity index (χ0v) is 11.0. The van der Waals surface area contributed by atoms with E-state index in [0.717, 1.165) is 4.47 Å². The van der Waals surface area contributed by atoms with Gasteiger partial charge in [0.05, 0.1) is 16.5 Å². The molecule has 1 aromatic rings. The van der Waals surface area contributed by atoms with E-state index in [1.54, 1.807) is 12.1 Å². The molecule has 0 unspecified atom stereocenters. The third kappa shape index (κ3) is 2.69. The highest BCUT2D eigenvalue weighted by Gasteiger charge is 2.13. The number of ketones is 1. The highest BCUT2D eigenvalue weighted by Crippen LogP contribution is 2.29. The van der Waals surface area contributed by atoms with Crippen molar-refractivity contribution in [2.24, 2.45) is 0 Å². The molecule has 5 heteroatoms. The van der Waals surface area contributed by atoms with Gasteiger partial charge in [0, 0.05) is 8.95 Å². The van der Waals surface area contributed by atoms with Crippen molar-refractivity contribution < 1.29 is 4.79 Å². The minimum Gasteiger partial charge on any atom is -0.293 e. The largest absolute Gasteiger partial charge is 0.293 e. The zero-order valence-electron chi connectivity index (χ0n) is 6.28. The lowest BCUT2D eigenvalue weighted by atomic mass is 10.1. The van der Waals surface area contributed by atoms with Gasteiger partial charge < -0.3 is 0 Å². The average molecular weight is 347 g/mol. The van der Waals surface area contributed by atoms with Gasteiger partial charge in [-0.25, -0.2) is 0 Å². The standard InChI is InChI=1S/C8H4Br2Cl2O/c9-4-1-5(10)8(6(12)2-4)7(13)3-11/h1-2H,3H2. The molecule has 0 bridgehead atoms. The molecule has 0 saturated carbocycles. The fourth-order valence-electron chi connectivity index (χ4n) is 0.875. The van der Waals surface area contributed by atoms with Gasteiger partial charge in [0.1, 0.15) is 0 Å². The van der Waals surface area contributed by atoms with Crippen LogP contribution in [0.15, 0.2) is 21.1 Å². The van der Waals surface area contributed by atoms with Gasteiger partial charge in [-0.3, -0.25) is 4.79 Å². The van der Waals surface area contributed by atoms with Crippen LogP contribution in [0.1, 0.15) is 10.4 Å². The van der Waals surface area contributed by atoms with E-state index in [1.807, 2.05) is 0 Å². The Bertz CT molecular complexity index is 329. The predicted octanol–water partition coefficient (Wildman–Crippen LogP) is 4.29. The lowest BCUT2D eigenvalue weighted by molar-refractivity contribution is 0.102. The van der Waals surface area contributed by atoms with Crippen LogP contribution in [0.3, 0.4) is 0 Å². The summed E-state index contributed by atoms with van der Waals surface area (Å²) in [5.74, 6) is -0.258. The molecule has 0 aromatic heterocycles. The van der Waals surface area contributed by atoms with Crippen LogP contribution in [0.5, 0.6) is 0 Å². The Morgan fingerprint density at radius 3 is 2.46 bits per heavy atom. The normalized spacial score (nSPS) is 10.2. The van der Waals surface area contributed by atoms with Crippen molar-refractivity contribution in [1.29, 1.82) is 0 Å². The third-order valence-electron chi connectivity index (χ3n) is 1.41. The second-order valence-electron chi connectivity index (χ2n) is 2.30. The van der Waals surface area contributed by atoms with Gasteiger partial charge >= 0.3 is 0 Å². The number of carbonyl (C=O) groups is 1. The summed E-state index contributed by atoms with van der Waals surface area (Å²) >= 11 is 17.8. The van der Waals surface area contributed by atoms with Gasteiger partial charge in [-0.15, -0.1) is 11.6 Å². The van der Waals surface area contributed by atoms with Gasteiger partial charge in [0.15, 0.2) is 5.78 Å². The topological polar surface area (TPSA) is 17.1 Å². The summed E-state index contributed by atoms with van der Waals surface area (Å²) in [5, 5.41) is 0.395. The summed E-state index contributed by atoms with van der Waals surface area (Å²) < 4.78 is 1.47. The van der Waals surface area contributed by atoms with Crippen molar-refractivity contribution in [2.45, 2.75) is 0 Å². The van der Waals surface area contributed by atoms with Crippen molar-refractivity contribution in [3.8, 4) is 0 Å². The first-order chi connectivity index (χ1) is 6.06. The molecule has 0 atom stereocenters. The van der Waals surface area contributed by atoms with Crippen LogP contribution in [-0.4, -0.2) is 11.7 Å². The van der Waals surface area contributed by atoms with E-state index in [-0.39, 0.29) is 11.7 Å². The van der Waals surface area contributed by atoms with E-state index in [1.165, 1.54) is 0 Å². The smallest absolute Gasteiger partial charge is 0.180 e. The fourth-order valence-corrected chi connectivity index (χ4v) is 3.03. The Morgan fingerprint density at radius 1 is 1.38 bits per heavy atom. The van der Waals surface area contributed by atoms with Crippen LogP contribution >= 0.6 is 55.1 Å². The summed E-state index contributed by atoms with van der Waals surface area (Å²) in [4.78, 5) is 11.3. The van der Waals surface area contributed by atoms with Crippen molar-refractivity contribution in [3.05, 3.63) is 31.7 Å². The molecule has 0 aliphatic heterocycles. The molecule has 0 amide bonds. The number of carbonyl (C=O) groups excluding carboxylic acids is 1. The van der Waals surface area contributed by atoms with E-state index in [4.69, 9.17) is 23.2 Å². The van der Waals surface area contributed by atoms with Gasteiger partial charge in [-0.1, -0.05) is 27.5 Å². The lowest BCUT2D eigenvalue weighted by Gasteiger charge is -2.04. The second-order valence-corrected chi connectivity index (χ2v) is 4.75. The van der Waals surface area contributed by atoms with E-state index in [0.29, 0.717) is 15.1 Å². The molecule has 70 valence electrons. The summed E-state index contributed by atoms with van der Waals surface area (Å²) in [5.41, 5.74) is 0.430. The average Bonchev–Trinajstić information content (AvgIpc) is 2.02. The van der Waals surface area contributed by atoms with Gasteiger partial charge in [-0.2, -0.15) is 0 Å². The number of alkyl halides is 1. The fraction of sp³-hybridized carbons (Fsp3) is 0.125. The third-order valence-corrected chi connectivity index (χ3v) is 3.03. The molecule has 0 aliphatic carbocycles. The van der Waals surface area contributed by atoms with Gasteiger partial charge in [-0.05, 0) is 28.1 Å². The Labute approximate surface area is 103 Å². The molecule has 1 nitrogen and oxygen atoms in total. The highest BCUT2D eigenvalue weighted by atomic mass is 79.9. The maximum Gasteiger partial charge on any atom is 0.180 e. The first kappa shape index (κ1) is 11.5. The van der Waals surface area contributed by atoms with Crippen molar-refractivity contribution >= 4 is 60.8 Å². The minimum absolute atomic E-state index is 0.0695. The predicted molar refractivity (Wildman–Crippen MR) is 61.9 cm³/mol. The lowest BCUT2D eigenvalue weighted by Crippen LogP contribution is -2.02. The Kier molecular flexibility index (Phi) is 4.23. The van der Waals surface area contributed by atoms with Crippen LogP contribution in [0.25, 0.3) is 0 Å². The second kappa shape index (κ2) is 4.78. The minimum atomic E-state index is -0.189. The molecule has 0 heterocycles. The van der Waals surface area contributed by atoms with E-state index in [2.05, 4.69) is 31.9 Å². The number of hydrogen-bond donors (Lipinski definition) is 0. The Hall–Kier alpha value is 0.430. The summed E-state index contributed by atoms with van der Waals surface area (Å²) in [6.07, 6.45) is 0. The van der Waals surface area contributed by atoms with Gasteiger partial charge in [0.25, 0.3) is 0 Å². The monoisotopic (exact) mass is 344 g/mol. The maximum absolute atomic E-state index is 11.3. The number of Topliss-reactive ketones (excluding diaryl/α,β-unsaturated/α-hetero) is 1. The summed E-state index contributed by atoms with van der Waals surface area (Å²) in [7, 11) is 0. The first-order valence-corrected chi connectivity index (χ1v) is 5.80. The maximum atomic E-state index is 11.3. The van der Waals surface area contributed by atoms with Crippen molar-refractivity contribution in [1.82, 2.24) is 0 Å². The number of benzene rings is 1.